The summed E-state index contributed by atoms with van der Waals surface area (Å²) in [6.45, 7) is 9.78. The van der Waals surface area contributed by atoms with Gasteiger partial charge in [-0.2, -0.15) is 0 Å². The minimum atomic E-state index is -0.143. The van der Waals surface area contributed by atoms with Gasteiger partial charge in [0.15, 0.2) is 5.76 Å². The second-order valence-electron chi connectivity index (χ2n) is 7.73. The summed E-state index contributed by atoms with van der Waals surface area (Å²) in [6.07, 6.45) is 3.97. The van der Waals surface area contributed by atoms with E-state index < -0.39 is 0 Å². The first-order valence-electron chi connectivity index (χ1n) is 10.8. The molecule has 0 aromatic heterocycles. The van der Waals surface area contributed by atoms with E-state index in [0.29, 0.717) is 29.2 Å². The number of phenols is 1. The lowest BCUT2D eigenvalue weighted by atomic mass is 10.0. The Kier molecular flexibility index (Phi) is 7.16. The summed E-state index contributed by atoms with van der Waals surface area (Å²) >= 11 is 0. The van der Waals surface area contributed by atoms with Crippen LogP contribution in [-0.2, 0) is 6.54 Å². The molecule has 30 heavy (non-hydrogen) atoms. The number of hydrogen-bond acceptors (Lipinski definition) is 5. The zero-order valence-corrected chi connectivity index (χ0v) is 18.4. The summed E-state index contributed by atoms with van der Waals surface area (Å²) < 4.78 is 5.97. The molecule has 1 heterocycles. The van der Waals surface area contributed by atoms with Crippen molar-refractivity contribution < 1.29 is 14.6 Å². The summed E-state index contributed by atoms with van der Waals surface area (Å²) in [5.74, 6) is 0.794. The van der Waals surface area contributed by atoms with Crippen molar-refractivity contribution in [1.29, 1.82) is 0 Å². The fraction of sp³-hybridized carbons (Fsp3) is 0.400. The van der Waals surface area contributed by atoms with Gasteiger partial charge < -0.3 is 19.6 Å². The number of carbonyl (C=O) groups excluding carboxylic acids is 1. The lowest BCUT2D eigenvalue weighted by Gasteiger charge is -2.20. The zero-order chi connectivity index (χ0) is 21.7. The van der Waals surface area contributed by atoms with Crippen molar-refractivity contribution >= 4 is 17.5 Å². The van der Waals surface area contributed by atoms with Crippen molar-refractivity contribution in [1.82, 2.24) is 4.90 Å². The molecule has 0 atom stereocenters. The molecule has 0 bridgehead atoms. The maximum Gasteiger partial charge on any atom is 0.231 e. The Hall–Kier alpha value is -2.79. The lowest BCUT2D eigenvalue weighted by molar-refractivity contribution is 0.101. The maximum atomic E-state index is 12.9. The van der Waals surface area contributed by atoms with Crippen LogP contribution in [-0.4, -0.2) is 42.5 Å². The standard InChI is InChI=1S/C25H32N2O3/c1-5-8-15-26(4)17-21-22(28)14-13-20-24(29)23(30-25(20)21)16-18-9-11-19(12-10-18)27(6-2)7-3/h9-14,16,28H,5-8,15,17H2,1-4H3/b23-16-. The van der Waals surface area contributed by atoms with E-state index in [-0.39, 0.29) is 11.5 Å². The third kappa shape index (κ3) is 4.68. The smallest absolute Gasteiger partial charge is 0.231 e. The topological polar surface area (TPSA) is 53.0 Å². The first-order valence-corrected chi connectivity index (χ1v) is 10.8. The Labute approximate surface area is 179 Å². The quantitative estimate of drug-likeness (QED) is 0.586. The van der Waals surface area contributed by atoms with Crippen LogP contribution in [0.2, 0.25) is 0 Å². The Bertz CT molecular complexity index is 915. The van der Waals surface area contributed by atoms with Gasteiger partial charge in [0.25, 0.3) is 0 Å². The SMILES string of the molecule is CCCCN(C)Cc1c(O)ccc2c1O/C(=C\c1ccc(N(CC)CC)cc1)C2=O. The molecule has 1 aliphatic rings. The molecule has 0 fully saturated rings. The molecule has 3 rings (SSSR count). The monoisotopic (exact) mass is 408 g/mol. The molecular formula is C25H32N2O3. The van der Waals surface area contributed by atoms with Crippen LogP contribution in [0.5, 0.6) is 11.5 Å². The Morgan fingerprint density at radius 2 is 1.73 bits per heavy atom. The molecule has 0 unspecified atom stereocenters. The van der Waals surface area contributed by atoms with Crippen LogP contribution in [0, 0.1) is 0 Å². The van der Waals surface area contributed by atoms with Gasteiger partial charge in [-0.1, -0.05) is 25.5 Å². The van der Waals surface area contributed by atoms with Gasteiger partial charge in [0.1, 0.15) is 11.5 Å². The highest BCUT2D eigenvalue weighted by Gasteiger charge is 2.31. The number of ketones is 1. The van der Waals surface area contributed by atoms with E-state index in [9.17, 15) is 9.90 Å². The minimum Gasteiger partial charge on any atom is -0.507 e. The van der Waals surface area contributed by atoms with Crippen LogP contribution in [0.15, 0.2) is 42.2 Å². The van der Waals surface area contributed by atoms with E-state index in [1.54, 1.807) is 18.2 Å². The van der Waals surface area contributed by atoms with E-state index in [4.69, 9.17) is 4.74 Å². The van der Waals surface area contributed by atoms with E-state index in [1.165, 1.54) is 0 Å². The third-order valence-corrected chi connectivity index (χ3v) is 5.56. The zero-order valence-electron chi connectivity index (χ0n) is 18.4. The molecule has 0 spiro atoms. The number of Topliss-reactive ketones (excluding diaryl/α,β-unsaturated/α-hetero) is 1. The van der Waals surface area contributed by atoms with Gasteiger partial charge in [-0.3, -0.25) is 4.79 Å². The van der Waals surface area contributed by atoms with Crippen LogP contribution >= 0.6 is 0 Å². The number of benzene rings is 2. The third-order valence-electron chi connectivity index (χ3n) is 5.56. The average Bonchev–Trinajstić information content (AvgIpc) is 3.06. The summed E-state index contributed by atoms with van der Waals surface area (Å²) in [7, 11) is 2.01. The van der Waals surface area contributed by atoms with Crippen molar-refractivity contribution in [2.24, 2.45) is 0 Å². The van der Waals surface area contributed by atoms with Crippen molar-refractivity contribution in [3.8, 4) is 11.5 Å². The normalized spacial score (nSPS) is 14.3. The molecule has 1 aliphatic heterocycles. The number of hydrogen-bond donors (Lipinski definition) is 1. The number of fused-ring (bicyclic) bond motifs is 1. The molecule has 5 heteroatoms. The van der Waals surface area contributed by atoms with Crippen LogP contribution in [0.3, 0.4) is 0 Å². The molecule has 160 valence electrons. The van der Waals surface area contributed by atoms with Crippen LogP contribution in [0.25, 0.3) is 6.08 Å². The molecular weight excluding hydrogens is 376 g/mol. The molecule has 5 nitrogen and oxygen atoms in total. The predicted octanol–water partition coefficient (Wildman–Crippen LogP) is 5.09. The number of ether oxygens (including phenoxy) is 1. The summed E-state index contributed by atoms with van der Waals surface area (Å²) in [4.78, 5) is 17.3. The van der Waals surface area contributed by atoms with Gasteiger partial charge >= 0.3 is 0 Å². The number of rotatable bonds is 9. The van der Waals surface area contributed by atoms with Gasteiger partial charge in [-0.25, -0.2) is 0 Å². The van der Waals surface area contributed by atoms with Gasteiger partial charge in [-0.15, -0.1) is 0 Å². The average molecular weight is 409 g/mol. The number of nitrogens with zero attached hydrogens (tertiary/aromatic N) is 2. The van der Waals surface area contributed by atoms with Gasteiger partial charge in [0.05, 0.1) is 11.1 Å². The number of allylic oxidation sites excluding steroid dienone is 1. The fourth-order valence-corrected chi connectivity index (χ4v) is 3.75. The van der Waals surface area contributed by atoms with E-state index in [0.717, 1.165) is 43.7 Å². The molecule has 0 aliphatic carbocycles. The minimum absolute atomic E-state index is 0.143. The van der Waals surface area contributed by atoms with Gasteiger partial charge in [0, 0.05) is 25.3 Å². The molecule has 0 amide bonds. The number of carbonyl (C=O) groups is 1. The second-order valence-corrected chi connectivity index (χ2v) is 7.73. The van der Waals surface area contributed by atoms with Crippen LogP contribution in [0.1, 0.15) is 55.1 Å². The Balaban J connectivity index is 1.84. The number of unbranched alkanes of at least 4 members (excludes halogenated alkanes) is 1. The fourth-order valence-electron chi connectivity index (χ4n) is 3.75. The number of phenolic OH excluding ortho intramolecular Hbond substituents is 1. The summed E-state index contributed by atoms with van der Waals surface area (Å²) in [6, 6.07) is 11.4. The van der Waals surface area contributed by atoms with Crippen molar-refractivity contribution in [3.05, 3.63) is 58.8 Å². The molecule has 2 aromatic rings. The highest BCUT2D eigenvalue weighted by atomic mass is 16.5. The molecule has 0 radical (unpaired) electrons. The van der Waals surface area contributed by atoms with E-state index in [1.807, 2.05) is 19.2 Å². The Morgan fingerprint density at radius 1 is 1.03 bits per heavy atom. The number of anilines is 1. The number of aromatic hydroxyl groups is 1. The summed E-state index contributed by atoms with van der Waals surface area (Å²) in [5.41, 5.74) is 3.25. The van der Waals surface area contributed by atoms with Crippen molar-refractivity contribution in [2.75, 3.05) is 31.6 Å². The Morgan fingerprint density at radius 3 is 2.37 bits per heavy atom. The second kappa shape index (κ2) is 9.81. The van der Waals surface area contributed by atoms with Gasteiger partial charge in [-0.05, 0) is 69.8 Å². The molecule has 1 N–H and O–H groups in total. The molecule has 0 saturated carbocycles. The highest BCUT2D eigenvalue weighted by Crippen LogP contribution is 2.40. The van der Waals surface area contributed by atoms with Crippen LogP contribution < -0.4 is 9.64 Å². The first-order chi connectivity index (χ1) is 14.5. The van der Waals surface area contributed by atoms with E-state index >= 15 is 0 Å². The van der Waals surface area contributed by atoms with Crippen molar-refractivity contribution in [3.63, 3.8) is 0 Å². The molecule has 0 saturated heterocycles. The van der Waals surface area contributed by atoms with Crippen molar-refractivity contribution in [2.45, 2.75) is 40.2 Å². The first kappa shape index (κ1) is 21.9. The molecule has 2 aromatic carbocycles. The largest absolute Gasteiger partial charge is 0.507 e. The highest BCUT2D eigenvalue weighted by molar-refractivity contribution is 6.15. The van der Waals surface area contributed by atoms with Gasteiger partial charge in [0.2, 0.25) is 5.78 Å². The predicted molar refractivity (Wildman–Crippen MR) is 122 cm³/mol. The van der Waals surface area contributed by atoms with Crippen LogP contribution in [0.4, 0.5) is 5.69 Å². The maximum absolute atomic E-state index is 12.9. The summed E-state index contributed by atoms with van der Waals surface area (Å²) in [5, 5.41) is 10.4. The lowest BCUT2D eigenvalue weighted by Crippen LogP contribution is -2.21. The van der Waals surface area contributed by atoms with E-state index in [2.05, 4.69) is 42.7 Å².